The van der Waals surface area contributed by atoms with Crippen molar-refractivity contribution in [3.8, 4) is 12.3 Å². The van der Waals surface area contributed by atoms with Gasteiger partial charge in [0, 0.05) is 23.0 Å². The minimum Gasteiger partial charge on any atom is -0.289 e. The highest BCUT2D eigenvalue weighted by atomic mass is 32.2. The van der Waals surface area contributed by atoms with E-state index >= 15 is 0 Å². The Balaban J connectivity index is 2.15. The molecule has 1 aliphatic rings. The van der Waals surface area contributed by atoms with Crippen LogP contribution in [0.2, 0.25) is 0 Å². The van der Waals surface area contributed by atoms with Crippen molar-refractivity contribution in [1.82, 2.24) is 0 Å². The second-order valence-corrected chi connectivity index (χ2v) is 6.52. The van der Waals surface area contributed by atoms with Gasteiger partial charge in [-0.25, -0.2) is 0 Å². The Labute approximate surface area is 136 Å². The van der Waals surface area contributed by atoms with Crippen molar-refractivity contribution in [1.29, 1.82) is 0 Å². The van der Waals surface area contributed by atoms with E-state index in [0.29, 0.717) is 0 Å². The Morgan fingerprint density at radius 1 is 1.09 bits per heavy atom. The number of fused-ring (bicyclic) bond motifs is 2. The molecular formula is C20H18OS. The number of thioether (sulfide) groups is 1. The molecule has 0 saturated carbocycles. The van der Waals surface area contributed by atoms with Gasteiger partial charge in [-0.15, -0.1) is 12.3 Å². The van der Waals surface area contributed by atoms with Crippen LogP contribution in [0.4, 0.5) is 0 Å². The molecule has 0 aromatic heterocycles. The maximum Gasteiger partial charge on any atom is 0.193 e. The molecule has 2 aromatic rings. The lowest BCUT2D eigenvalue weighted by atomic mass is 9.71. The largest absolute Gasteiger partial charge is 0.289 e. The summed E-state index contributed by atoms with van der Waals surface area (Å²) in [5.41, 5.74) is 3.76. The molecule has 2 heteroatoms. The molecule has 1 nitrogen and oxygen atoms in total. The van der Waals surface area contributed by atoms with Gasteiger partial charge < -0.3 is 0 Å². The summed E-state index contributed by atoms with van der Waals surface area (Å²) in [5, 5.41) is 0. The van der Waals surface area contributed by atoms with Gasteiger partial charge in [0.25, 0.3) is 0 Å². The molecule has 0 N–H and O–H groups in total. The molecule has 0 saturated heterocycles. The summed E-state index contributed by atoms with van der Waals surface area (Å²) in [5.74, 6) is 4.35. The predicted octanol–water partition coefficient (Wildman–Crippen LogP) is 4.37. The molecular weight excluding hydrogens is 288 g/mol. The van der Waals surface area contributed by atoms with Crippen LogP contribution in [0.15, 0.2) is 48.5 Å². The first-order chi connectivity index (χ1) is 10.8. The minimum absolute atomic E-state index is 0.113. The summed E-state index contributed by atoms with van der Waals surface area (Å²) in [7, 11) is 0. The molecule has 3 rings (SSSR count). The van der Waals surface area contributed by atoms with Crippen molar-refractivity contribution >= 4 is 17.5 Å². The zero-order chi connectivity index (χ0) is 15.5. The van der Waals surface area contributed by atoms with Crippen LogP contribution in [0.3, 0.4) is 0 Å². The molecule has 22 heavy (non-hydrogen) atoms. The van der Waals surface area contributed by atoms with E-state index < -0.39 is 0 Å². The number of rotatable bonds is 4. The molecule has 2 aromatic carbocycles. The summed E-state index contributed by atoms with van der Waals surface area (Å²) in [6.07, 6.45) is 8.90. The molecule has 0 spiro atoms. The van der Waals surface area contributed by atoms with Gasteiger partial charge in [-0.2, -0.15) is 11.8 Å². The lowest BCUT2D eigenvalue weighted by Crippen LogP contribution is -2.24. The fraction of sp³-hybridized carbons (Fsp3) is 0.250. The van der Waals surface area contributed by atoms with E-state index in [0.717, 1.165) is 34.4 Å². The van der Waals surface area contributed by atoms with E-state index in [1.807, 2.05) is 48.2 Å². The van der Waals surface area contributed by atoms with Crippen molar-refractivity contribution in [3.05, 3.63) is 70.8 Å². The number of benzene rings is 2. The van der Waals surface area contributed by atoms with Crippen LogP contribution < -0.4 is 0 Å². The number of ketones is 1. The Bertz CT molecular complexity index is 692. The number of terminal acetylenes is 1. The standard InChI is InChI=1S/C20H18OS/c1-3-14(12-13-22-2)19-15-8-4-6-10-17(15)20(21)18-11-7-5-9-16(18)19/h1,4-11,14,19H,12-13H2,2H3/t14-/m0/s1. The molecule has 0 heterocycles. The first-order valence-electron chi connectivity index (χ1n) is 7.45. The van der Waals surface area contributed by atoms with Gasteiger partial charge in [0.05, 0.1) is 0 Å². The second-order valence-electron chi connectivity index (χ2n) is 5.54. The lowest BCUT2D eigenvalue weighted by Gasteiger charge is -2.31. The van der Waals surface area contributed by atoms with E-state index in [1.54, 1.807) is 0 Å². The van der Waals surface area contributed by atoms with Crippen molar-refractivity contribution in [2.75, 3.05) is 12.0 Å². The molecule has 110 valence electrons. The topological polar surface area (TPSA) is 17.1 Å². The SMILES string of the molecule is C#C[C@@H](CCSC)C1c2ccccc2C(=O)c2ccccc21. The van der Waals surface area contributed by atoms with Gasteiger partial charge in [0.1, 0.15) is 0 Å². The van der Waals surface area contributed by atoms with Crippen LogP contribution in [0.1, 0.15) is 39.4 Å². The average molecular weight is 306 g/mol. The van der Waals surface area contributed by atoms with Gasteiger partial charge in [0.15, 0.2) is 5.78 Å². The molecule has 1 atom stereocenters. The van der Waals surface area contributed by atoms with E-state index in [-0.39, 0.29) is 17.6 Å². The molecule has 0 radical (unpaired) electrons. The number of carbonyl (C=O) groups excluding carboxylic acids is 1. The maximum atomic E-state index is 12.7. The lowest BCUT2D eigenvalue weighted by molar-refractivity contribution is 0.103. The highest BCUT2D eigenvalue weighted by molar-refractivity contribution is 7.98. The van der Waals surface area contributed by atoms with Crippen molar-refractivity contribution in [2.24, 2.45) is 5.92 Å². The normalized spacial score (nSPS) is 14.8. The monoisotopic (exact) mass is 306 g/mol. The third-order valence-corrected chi connectivity index (χ3v) is 4.97. The Morgan fingerprint density at radius 2 is 1.64 bits per heavy atom. The Morgan fingerprint density at radius 3 is 2.14 bits per heavy atom. The minimum atomic E-state index is 0.113. The number of hydrogen-bond donors (Lipinski definition) is 0. The summed E-state index contributed by atoms with van der Waals surface area (Å²) in [4.78, 5) is 12.7. The molecule has 0 unspecified atom stereocenters. The van der Waals surface area contributed by atoms with Crippen molar-refractivity contribution < 1.29 is 4.79 Å². The Hall–Kier alpha value is -1.98. The highest BCUT2D eigenvalue weighted by Gasteiger charge is 2.34. The van der Waals surface area contributed by atoms with E-state index in [2.05, 4.69) is 24.3 Å². The molecule has 0 fully saturated rings. The third-order valence-electron chi connectivity index (χ3n) is 4.33. The maximum absolute atomic E-state index is 12.7. The Kier molecular flexibility index (Phi) is 4.36. The first kappa shape index (κ1) is 14.9. The number of carbonyl (C=O) groups is 1. The average Bonchev–Trinajstić information content (AvgIpc) is 2.58. The van der Waals surface area contributed by atoms with E-state index in [4.69, 9.17) is 6.42 Å². The molecule has 0 aliphatic heterocycles. The fourth-order valence-corrected chi connectivity index (χ4v) is 3.78. The summed E-state index contributed by atoms with van der Waals surface area (Å²) in [6, 6.07) is 15.8. The highest BCUT2D eigenvalue weighted by Crippen LogP contribution is 2.42. The van der Waals surface area contributed by atoms with Gasteiger partial charge in [-0.1, -0.05) is 48.5 Å². The molecule has 0 amide bonds. The van der Waals surface area contributed by atoms with Crippen LogP contribution in [0, 0.1) is 18.3 Å². The summed E-state index contributed by atoms with van der Waals surface area (Å²) >= 11 is 1.81. The van der Waals surface area contributed by atoms with Crippen molar-refractivity contribution in [2.45, 2.75) is 12.3 Å². The van der Waals surface area contributed by atoms with Crippen LogP contribution in [0.5, 0.6) is 0 Å². The van der Waals surface area contributed by atoms with Crippen LogP contribution in [0.25, 0.3) is 0 Å². The molecule has 1 aliphatic carbocycles. The zero-order valence-electron chi connectivity index (χ0n) is 12.6. The first-order valence-corrected chi connectivity index (χ1v) is 8.85. The van der Waals surface area contributed by atoms with Gasteiger partial charge in [-0.3, -0.25) is 4.79 Å². The van der Waals surface area contributed by atoms with Gasteiger partial charge >= 0.3 is 0 Å². The van der Waals surface area contributed by atoms with E-state index in [1.165, 1.54) is 0 Å². The smallest absolute Gasteiger partial charge is 0.193 e. The van der Waals surface area contributed by atoms with Crippen LogP contribution in [-0.4, -0.2) is 17.8 Å². The van der Waals surface area contributed by atoms with E-state index in [9.17, 15) is 4.79 Å². The van der Waals surface area contributed by atoms with Gasteiger partial charge in [-0.05, 0) is 29.6 Å². The fourth-order valence-electron chi connectivity index (χ4n) is 3.29. The van der Waals surface area contributed by atoms with Crippen LogP contribution >= 0.6 is 11.8 Å². The summed E-state index contributed by atoms with van der Waals surface area (Å²) in [6.45, 7) is 0. The summed E-state index contributed by atoms with van der Waals surface area (Å²) < 4.78 is 0. The zero-order valence-corrected chi connectivity index (χ0v) is 13.4. The quantitative estimate of drug-likeness (QED) is 0.780. The predicted molar refractivity (Wildman–Crippen MR) is 93.5 cm³/mol. The molecule has 0 bridgehead atoms. The third kappa shape index (κ3) is 2.46. The van der Waals surface area contributed by atoms with Crippen LogP contribution in [-0.2, 0) is 0 Å². The number of hydrogen-bond acceptors (Lipinski definition) is 2. The van der Waals surface area contributed by atoms with Gasteiger partial charge in [0.2, 0.25) is 0 Å². The van der Waals surface area contributed by atoms with Crippen molar-refractivity contribution in [3.63, 3.8) is 0 Å². The second kappa shape index (κ2) is 6.42.